The second-order valence-corrected chi connectivity index (χ2v) is 7.82. The Labute approximate surface area is 181 Å². The van der Waals surface area contributed by atoms with Crippen LogP contribution in [0.15, 0.2) is 57.7 Å². The number of fused-ring (bicyclic) bond motifs is 2. The normalized spacial score (nSPS) is 13.5. The molecule has 1 fully saturated rings. The Bertz CT molecular complexity index is 1600. The molecule has 0 amide bonds. The first-order valence-electron chi connectivity index (χ1n) is 10.3. The largest absolute Gasteiger partial charge is 0.488 e. The van der Waals surface area contributed by atoms with Gasteiger partial charge in [0, 0.05) is 0 Å². The number of aromatic amines is 1. The van der Waals surface area contributed by atoms with Crippen molar-refractivity contribution in [2.45, 2.75) is 25.9 Å². The summed E-state index contributed by atoms with van der Waals surface area (Å²) < 4.78 is 13.1. The van der Waals surface area contributed by atoms with E-state index in [1.54, 1.807) is 13.0 Å². The zero-order valence-electron chi connectivity index (χ0n) is 17.1. The molecule has 8 nitrogen and oxygen atoms in total. The first-order chi connectivity index (χ1) is 15.6. The maximum atomic E-state index is 13.5. The third-order valence-corrected chi connectivity index (χ3v) is 5.55. The third-order valence-electron chi connectivity index (χ3n) is 5.55. The number of para-hydroxylation sites is 1. The van der Waals surface area contributed by atoms with E-state index < -0.39 is 0 Å². The van der Waals surface area contributed by atoms with E-state index in [9.17, 15) is 10.1 Å². The lowest BCUT2D eigenvalue weighted by atomic mass is 10.1. The van der Waals surface area contributed by atoms with Crippen molar-refractivity contribution in [2.24, 2.45) is 0 Å². The summed E-state index contributed by atoms with van der Waals surface area (Å²) in [6.45, 7) is 1.74. The molecule has 1 N–H and O–H groups in total. The number of benzene rings is 2. The molecule has 1 saturated carbocycles. The Balaban J connectivity index is 1.57. The average Bonchev–Trinajstić information content (AvgIpc) is 3.38. The lowest BCUT2D eigenvalue weighted by Crippen LogP contribution is -2.19. The maximum absolute atomic E-state index is 13.5. The minimum absolute atomic E-state index is 0.172. The van der Waals surface area contributed by atoms with Crippen LogP contribution in [0.4, 0.5) is 0 Å². The third kappa shape index (κ3) is 2.79. The van der Waals surface area contributed by atoms with Crippen LogP contribution in [0, 0.1) is 18.3 Å². The first kappa shape index (κ1) is 18.4. The molecule has 0 spiro atoms. The number of nitrogens with one attached hydrogen (secondary N) is 1. The van der Waals surface area contributed by atoms with Crippen molar-refractivity contribution in [3.8, 4) is 34.4 Å². The lowest BCUT2D eigenvalue weighted by Gasteiger charge is -2.03. The van der Waals surface area contributed by atoms with Crippen molar-refractivity contribution in [1.29, 1.82) is 5.26 Å². The first-order valence-corrected chi connectivity index (χ1v) is 10.3. The summed E-state index contributed by atoms with van der Waals surface area (Å²) in [7, 11) is 0. The van der Waals surface area contributed by atoms with Gasteiger partial charge in [-0.15, -0.1) is 0 Å². The molecule has 6 rings (SSSR count). The summed E-state index contributed by atoms with van der Waals surface area (Å²) >= 11 is 0. The highest BCUT2D eigenvalue weighted by atomic mass is 16.5. The topological polar surface area (TPSA) is 109 Å². The van der Waals surface area contributed by atoms with E-state index in [1.165, 1.54) is 4.52 Å². The van der Waals surface area contributed by atoms with Gasteiger partial charge in [-0.2, -0.15) is 9.78 Å². The maximum Gasteiger partial charge on any atom is 0.285 e. The number of hydrogen-bond acceptors (Lipinski definition) is 6. The van der Waals surface area contributed by atoms with Crippen molar-refractivity contribution in [3.63, 3.8) is 0 Å². The second kappa shape index (κ2) is 6.82. The molecule has 3 heterocycles. The zero-order chi connectivity index (χ0) is 21.8. The molecule has 1 aliphatic rings. The summed E-state index contributed by atoms with van der Waals surface area (Å²) in [6.07, 6.45) is 2.27. The zero-order valence-corrected chi connectivity index (χ0v) is 17.1. The fraction of sp³-hybridized carbons (Fsp3) is 0.167. The molecular formula is C24H17N5O3. The molecule has 1 aliphatic carbocycles. The second-order valence-electron chi connectivity index (χ2n) is 7.82. The van der Waals surface area contributed by atoms with E-state index in [2.05, 4.69) is 21.1 Å². The standard InChI is InChI=1S/C24H17N5O3/c1-13-19(23-27-21-17(31-15-10-11-15)8-5-9-18(21)32-23)24(30)29-22(26-13)20(16(12-25)28-29)14-6-3-2-4-7-14/h2-9,15,28H,10-11H2,1H3. The number of oxazole rings is 1. The molecule has 0 saturated heterocycles. The molecule has 2 aromatic carbocycles. The Morgan fingerprint density at radius 2 is 1.94 bits per heavy atom. The van der Waals surface area contributed by atoms with E-state index in [0.717, 1.165) is 18.4 Å². The highest BCUT2D eigenvalue weighted by Gasteiger charge is 2.27. The van der Waals surface area contributed by atoms with E-state index >= 15 is 0 Å². The molecule has 0 atom stereocenters. The van der Waals surface area contributed by atoms with Gasteiger partial charge in [0.2, 0.25) is 5.89 Å². The molecule has 32 heavy (non-hydrogen) atoms. The van der Waals surface area contributed by atoms with E-state index in [0.29, 0.717) is 33.8 Å². The van der Waals surface area contributed by atoms with E-state index in [4.69, 9.17) is 9.15 Å². The predicted molar refractivity (Wildman–Crippen MR) is 117 cm³/mol. The molecule has 0 aliphatic heterocycles. The number of hydrogen-bond donors (Lipinski definition) is 1. The number of H-pyrrole nitrogens is 1. The summed E-state index contributed by atoms with van der Waals surface area (Å²) in [4.78, 5) is 22.7. The van der Waals surface area contributed by atoms with Gasteiger partial charge in [-0.3, -0.25) is 9.89 Å². The number of aromatic nitrogens is 4. The van der Waals surface area contributed by atoms with Crippen molar-refractivity contribution in [2.75, 3.05) is 0 Å². The number of nitrogens with zero attached hydrogens (tertiary/aromatic N) is 4. The number of aryl methyl sites for hydroxylation is 1. The quantitative estimate of drug-likeness (QED) is 0.464. The van der Waals surface area contributed by atoms with Gasteiger partial charge in [0.05, 0.1) is 17.4 Å². The van der Waals surface area contributed by atoms with Gasteiger partial charge in [-0.1, -0.05) is 36.4 Å². The molecule has 0 radical (unpaired) electrons. The van der Waals surface area contributed by atoms with E-state index in [-0.39, 0.29) is 28.8 Å². The number of rotatable bonds is 4. The highest BCUT2D eigenvalue weighted by molar-refractivity contribution is 5.84. The van der Waals surface area contributed by atoms with Crippen LogP contribution in [0.5, 0.6) is 5.75 Å². The number of ether oxygens (including phenoxy) is 1. The van der Waals surface area contributed by atoms with Gasteiger partial charge in [0.15, 0.2) is 16.7 Å². The van der Waals surface area contributed by atoms with Crippen LogP contribution in [0.2, 0.25) is 0 Å². The monoisotopic (exact) mass is 423 g/mol. The van der Waals surface area contributed by atoms with Gasteiger partial charge >= 0.3 is 0 Å². The molecular weight excluding hydrogens is 406 g/mol. The summed E-state index contributed by atoms with van der Waals surface area (Å²) in [6, 6.07) is 17.0. The van der Waals surface area contributed by atoms with Gasteiger partial charge in [0.1, 0.15) is 23.1 Å². The van der Waals surface area contributed by atoms with Gasteiger partial charge < -0.3 is 9.15 Å². The average molecular weight is 423 g/mol. The van der Waals surface area contributed by atoms with Crippen LogP contribution in [0.3, 0.4) is 0 Å². The lowest BCUT2D eigenvalue weighted by molar-refractivity contribution is 0.306. The minimum atomic E-state index is -0.387. The van der Waals surface area contributed by atoms with Crippen LogP contribution in [-0.2, 0) is 0 Å². The highest BCUT2D eigenvalue weighted by Crippen LogP contribution is 2.34. The van der Waals surface area contributed by atoms with Crippen molar-refractivity contribution < 1.29 is 9.15 Å². The van der Waals surface area contributed by atoms with Crippen LogP contribution < -0.4 is 10.3 Å². The van der Waals surface area contributed by atoms with Crippen LogP contribution in [0.1, 0.15) is 24.2 Å². The fourth-order valence-electron chi connectivity index (χ4n) is 3.87. The molecule has 8 heteroatoms. The SMILES string of the molecule is Cc1nc2c(-c3ccccc3)c(C#N)[nH]n2c(=O)c1-c1nc2c(OC3CC3)cccc2o1. The Hall–Kier alpha value is -4.38. The number of nitriles is 1. The molecule has 0 bridgehead atoms. The minimum Gasteiger partial charge on any atom is -0.488 e. The Morgan fingerprint density at radius 1 is 1.12 bits per heavy atom. The predicted octanol–water partition coefficient (Wildman–Crippen LogP) is 4.22. The summed E-state index contributed by atoms with van der Waals surface area (Å²) in [5.41, 5.74) is 3.45. The molecule has 156 valence electrons. The molecule has 5 aromatic rings. The summed E-state index contributed by atoms with van der Waals surface area (Å²) in [5, 5.41) is 12.5. The van der Waals surface area contributed by atoms with Crippen LogP contribution in [-0.4, -0.2) is 25.7 Å². The molecule has 0 unspecified atom stereocenters. The van der Waals surface area contributed by atoms with Gasteiger partial charge in [-0.05, 0) is 37.5 Å². The van der Waals surface area contributed by atoms with Crippen LogP contribution in [0.25, 0.3) is 39.3 Å². The Kier molecular flexibility index (Phi) is 3.92. The fourth-order valence-corrected chi connectivity index (χ4v) is 3.87. The van der Waals surface area contributed by atoms with Crippen molar-refractivity contribution in [1.82, 2.24) is 19.6 Å². The van der Waals surface area contributed by atoms with Gasteiger partial charge in [0.25, 0.3) is 5.56 Å². The smallest absolute Gasteiger partial charge is 0.285 e. The summed E-state index contributed by atoms with van der Waals surface area (Å²) in [5.74, 6) is 0.815. The Morgan fingerprint density at radius 3 is 2.69 bits per heavy atom. The van der Waals surface area contributed by atoms with E-state index in [1.807, 2.05) is 42.5 Å². The molecule has 3 aromatic heterocycles. The van der Waals surface area contributed by atoms with Crippen molar-refractivity contribution in [3.05, 3.63) is 70.3 Å². The van der Waals surface area contributed by atoms with Crippen molar-refractivity contribution >= 4 is 16.7 Å². The van der Waals surface area contributed by atoms with Gasteiger partial charge in [-0.25, -0.2) is 9.97 Å². The van der Waals surface area contributed by atoms with Crippen LogP contribution >= 0.6 is 0 Å².